The fourth-order valence-corrected chi connectivity index (χ4v) is 1.37. The molecule has 1 aliphatic heterocycles. The van der Waals surface area contributed by atoms with Gasteiger partial charge >= 0.3 is 6.03 Å². The molecule has 76 valence electrons. The normalized spacial score (nSPS) is 26.2. The number of carbonyl (C=O) groups is 2. The number of carbonyl (C=O) groups excluding carboxylic acids is 2. The van der Waals surface area contributed by atoms with Gasteiger partial charge in [-0.2, -0.15) is 0 Å². The van der Waals surface area contributed by atoms with E-state index >= 15 is 0 Å². The Bertz CT molecular complexity index is 306. The van der Waals surface area contributed by atoms with E-state index in [9.17, 15) is 9.59 Å². The first kappa shape index (κ1) is 10.6. The van der Waals surface area contributed by atoms with Crippen molar-refractivity contribution in [2.24, 2.45) is 0 Å². The third-order valence-corrected chi connectivity index (χ3v) is 2.53. The molecule has 0 spiro atoms. The van der Waals surface area contributed by atoms with Crippen molar-refractivity contribution < 1.29 is 9.59 Å². The zero-order valence-corrected chi connectivity index (χ0v) is 8.46. The van der Waals surface area contributed by atoms with Crippen molar-refractivity contribution in [3.8, 4) is 12.3 Å². The summed E-state index contributed by atoms with van der Waals surface area (Å²) in [5.41, 5.74) is -0.744. The van der Waals surface area contributed by atoms with Gasteiger partial charge in [-0.1, -0.05) is 6.92 Å². The van der Waals surface area contributed by atoms with E-state index in [1.807, 2.05) is 6.92 Å². The Morgan fingerprint density at radius 1 is 1.57 bits per heavy atom. The van der Waals surface area contributed by atoms with E-state index < -0.39 is 5.54 Å². The average molecular weight is 194 g/mol. The minimum atomic E-state index is -0.744. The summed E-state index contributed by atoms with van der Waals surface area (Å²) in [7, 11) is 0. The van der Waals surface area contributed by atoms with Crippen LogP contribution in [0.1, 0.15) is 26.7 Å². The largest absolute Gasteiger partial charge is 0.325 e. The zero-order valence-electron chi connectivity index (χ0n) is 8.46. The lowest BCUT2D eigenvalue weighted by atomic mass is 9.99. The van der Waals surface area contributed by atoms with Crippen molar-refractivity contribution in [3.63, 3.8) is 0 Å². The van der Waals surface area contributed by atoms with Gasteiger partial charge in [0.05, 0.1) is 0 Å². The van der Waals surface area contributed by atoms with Crippen molar-refractivity contribution >= 4 is 11.9 Å². The number of terminal acetylenes is 1. The maximum atomic E-state index is 11.7. The molecule has 1 heterocycles. The minimum Gasteiger partial charge on any atom is -0.323 e. The summed E-state index contributed by atoms with van der Waals surface area (Å²) < 4.78 is 0. The highest BCUT2D eigenvalue weighted by Crippen LogP contribution is 2.20. The molecule has 1 rings (SSSR count). The van der Waals surface area contributed by atoms with Gasteiger partial charge in [-0.3, -0.25) is 9.69 Å². The number of nitrogens with one attached hydrogen (secondary N) is 1. The maximum Gasteiger partial charge on any atom is 0.325 e. The molecule has 0 radical (unpaired) electrons. The molecule has 4 nitrogen and oxygen atoms in total. The summed E-state index contributed by atoms with van der Waals surface area (Å²) in [6, 6.07) is -0.338. The van der Waals surface area contributed by atoms with Crippen molar-refractivity contribution in [3.05, 3.63) is 0 Å². The van der Waals surface area contributed by atoms with Gasteiger partial charge in [-0.25, -0.2) is 4.79 Å². The van der Waals surface area contributed by atoms with Crippen LogP contribution >= 0.6 is 0 Å². The highest BCUT2D eigenvalue weighted by atomic mass is 16.2. The lowest BCUT2D eigenvalue weighted by Gasteiger charge is -2.18. The lowest BCUT2D eigenvalue weighted by molar-refractivity contribution is -0.130. The van der Waals surface area contributed by atoms with Gasteiger partial charge in [-0.05, 0) is 13.3 Å². The van der Waals surface area contributed by atoms with Crippen molar-refractivity contribution in [1.82, 2.24) is 10.2 Å². The molecule has 0 aromatic carbocycles. The molecule has 1 unspecified atom stereocenters. The summed E-state index contributed by atoms with van der Waals surface area (Å²) >= 11 is 0. The Morgan fingerprint density at radius 3 is 2.64 bits per heavy atom. The minimum absolute atomic E-state index is 0.180. The molecule has 0 aliphatic carbocycles. The van der Waals surface area contributed by atoms with Crippen LogP contribution < -0.4 is 5.32 Å². The van der Waals surface area contributed by atoms with Crippen LogP contribution in [0.5, 0.6) is 0 Å². The monoisotopic (exact) mass is 194 g/mol. The first-order valence-corrected chi connectivity index (χ1v) is 4.62. The van der Waals surface area contributed by atoms with Crippen LogP contribution in [0, 0.1) is 12.3 Å². The van der Waals surface area contributed by atoms with E-state index in [4.69, 9.17) is 6.42 Å². The summed E-state index contributed by atoms with van der Waals surface area (Å²) in [6.45, 7) is 3.89. The summed E-state index contributed by atoms with van der Waals surface area (Å²) in [5, 5.41) is 2.66. The van der Waals surface area contributed by atoms with E-state index in [1.165, 1.54) is 4.90 Å². The fraction of sp³-hybridized carbons (Fsp3) is 0.600. The van der Waals surface area contributed by atoms with Crippen LogP contribution in [0.4, 0.5) is 4.79 Å². The first-order chi connectivity index (χ1) is 6.55. The molecule has 0 saturated carbocycles. The van der Waals surface area contributed by atoms with Crippen molar-refractivity contribution in [2.75, 3.05) is 6.54 Å². The van der Waals surface area contributed by atoms with Crippen molar-refractivity contribution in [1.29, 1.82) is 0 Å². The molecule has 0 aromatic heterocycles. The number of imide groups is 1. The predicted molar refractivity (Wildman–Crippen MR) is 52.4 cm³/mol. The highest BCUT2D eigenvalue weighted by molar-refractivity contribution is 6.06. The van der Waals surface area contributed by atoms with Crippen LogP contribution in [-0.4, -0.2) is 28.9 Å². The van der Waals surface area contributed by atoms with Gasteiger partial charge < -0.3 is 5.32 Å². The number of nitrogens with zero attached hydrogens (tertiary/aromatic N) is 1. The van der Waals surface area contributed by atoms with Gasteiger partial charge in [0.1, 0.15) is 5.54 Å². The Balaban J connectivity index is 2.76. The van der Waals surface area contributed by atoms with Crippen LogP contribution in [0.3, 0.4) is 0 Å². The van der Waals surface area contributed by atoms with Gasteiger partial charge in [0.15, 0.2) is 0 Å². The van der Waals surface area contributed by atoms with E-state index in [-0.39, 0.29) is 11.9 Å². The molecule has 1 aliphatic rings. The molecule has 1 atom stereocenters. The molecular formula is C10H14N2O2. The molecular weight excluding hydrogens is 180 g/mol. The fourth-order valence-electron chi connectivity index (χ4n) is 1.37. The van der Waals surface area contributed by atoms with Gasteiger partial charge in [0.25, 0.3) is 5.91 Å². The molecule has 3 amide bonds. The first-order valence-electron chi connectivity index (χ1n) is 4.62. The standard InChI is InChI=1S/C10H14N2O2/c1-4-6-7-12-8(13)10(3,5-2)11-9(12)14/h1H,5-7H2,2-3H3,(H,11,14). The number of hydrogen-bond donors (Lipinski definition) is 1. The summed E-state index contributed by atoms with van der Waals surface area (Å²) in [6.07, 6.45) is 6.07. The molecule has 14 heavy (non-hydrogen) atoms. The number of hydrogen-bond acceptors (Lipinski definition) is 2. The van der Waals surface area contributed by atoms with Crippen LogP contribution in [0.2, 0.25) is 0 Å². The van der Waals surface area contributed by atoms with E-state index in [2.05, 4.69) is 11.2 Å². The van der Waals surface area contributed by atoms with E-state index in [0.717, 1.165) is 0 Å². The van der Waals surface area contributed by atoms with Crippen molar-refractivity contribution in [2.45, 2.75) is 32.2 Å². The van der Waals surface area contributed by atoms with Gasteiger partial charge in [0, 0.05) is 13.0 Å². The molecule has 0 bridgehead atoms. The Labute approximate surface area is 83.6 Å². The summed E-state index contributed by atoms with van der Waals surface area (Å²) in [4.78, 5) is 24.3. The molecule has 0 aromatic rings. The molecule has 1 saturated heterocycles. The number of urea groups is 1. The van der Waals surface area contributed by atoms with Crippen LogP contribution in [0.25, 0.3) is 0 Å². The molecule has 4 heteroatoms. The lowest BCUT2D eigenvalue weighted by Crippen LogP contribution is -2.43. The second-order valence-electron chi connectivity index (χ2n) is 3.53. The SMILES string of the molecule is C#CCCN1C(=O)NC(C)(CC)C1=O. The molecule has 1 N–H and O–H groups in total. The third kappa shape index (κ3) is 1.58. The quantitative estimate of drug-likeness (QED) is 0.532. The Kier molecular flexibility index (Phi) is 2.80. The predicted octanol–water partition coefficient (Wildman–Crippen LogP) is 0.730. The Morgan fingerprint density at radius 2 is 2.21 bits per heavy atom. The second kappa shape index (κ2) is 3.70. The summed E-state index contributed by atoms with van der Waals surface area (Å²) in [5.74, 6) is 2.23. The van der Waals surface area contributed by atoms with E-state index in [1.54, 1.807) is 6.92 Å². The second-order valence-corrected chi connectivity index (χ2v) is 3.53. The smallest absolute Gasteiger partial charge is 0.323 e. The van der Waals surface area contributed by atoms with Crippen LogP contribution in [0.15, 0.2) is 0 Å². The third-order valence-electron chi connectivity index (χ3n) is 2.53. The Hall–Kier alpha value is -1.50. The number of rotatable bonds is 3. The van der Waals surface area contributed by atoms with Crippen LogP contribution in [-0.2, 0) is 4.79 Å². The number of amides is 3. The maximum absolute atomic E-state index is 11.7. The average Bonchev–Trinajstić information content (AvgIpc) is 2.37. The van der Waals surface area contributed by atoms with E-state index in [0.29, 0.717) is 19.4 Å². The van der Waals surface area contributed by atoms with Gasteiger partial charge in [0.2, 0.25) is 0 Å². The zero-order chi connectivity index (χ0) is 10.8. The van der Waals surface area contributed by atoms with Gasteiger partial charge in [-0.15, -0.1) is 12.3 Å². The highest BCUT2D eigenvalue weighted by Gasteiger charge is 2.45. The topological polar surface area (TPSA) is 49.4 Å². The molecule has 1 fully saturated rings.